The number of hydrazine groups is 1. The summed E-state index contributed by atoms with van der Waals surface area (Å²) in [6.07, 6.45) is 1.64. The number of hydrogen-bond donors (Lipinski definition) is 3. The van der Waals surface area contributed by atoms with Crippen LogP contribution in [0.2, 0.25) is 0 Å². The normalized spacial score (nSPS) is 10.0. The molecule has 0 saturated carbocycles. The second kappa shape index (κ2) is 5.71. The van der Waals surface area contributed by atoms with Gasteiger partial charge in [0.1, 0.15) is 5.69 Å². The Morgan fingerprint density at radius 2 is 1.74 bits per heavy atom. The number of carbonyl (C=O) groups excluding carboxylic acids is 2. The number of hydrogen-bond acceptors (Lipinski definition) is 2. The molecule has 3 N–H and O–H groups in total. The Kier molecular flexibility index (Phi) is 4.01. The fourth-order valence-corrected chi connectivity index (χ4v) is 1.80. The van der Waals surface area contributed by atoms with Gasteiger partial charge < -0.3 is 4.98 Å². The van der Waals surface area contributed by atoms with Gasteiger partial charge in [-0.15, -0.1) is 0 Å². The average Bonchev–Trinajstić information content (AvgIpc) is 2.83. The highest BCUT2D eigenvalue weighted by Crippen LogP contribution is 2.10. The zero-order valence-electron chi connectivity index (χ0n) is 10.2. The molecule has 0 bridgehead atoms. The van der Waals surface area contributed by atoms with Gasteiger partial charge in [0, 0.05) is 16.2 Å². The van der Waals surface area contributed by atoms with E-state index in [9.17, 15) is 9.59 Å². The molecular formula is C13H12BrN3O2. The van der Waals surface area contributed by atoms with Gasteiger partial charge in [0.05, 0.1) is 0 Å². The molecule has 1 heterocycles. The van der Waals surface area contributed by atoms with Gasteiger partial charge in [-0.1, -0.05) is 17.7 Å². The SMILES string of the molecule is Cc1ccc(C(=O)NNC(=O)c2cc(Br)c[nH]2)cc1. The molecule has 98 valence electrons. The third-order valence-electron chi connectivity index (χ3n) is 2.50. The van der Waals surface area contributed by atoms with Gasteiger partial charge in [-0.05, 0) is 41.1 Å². The summed E-state index contributed by atoms with van der Waals surface area (Å²) in [4.78, 5) is 26.2. The minimum Gasteiger partial charge on any atom is -0.356 e. The van der Waals surface area contributed by atoms with Gasteiger partial charge in [-0.2, -0.15) is 0 Å². The van der Waals surface area contributed by atoms with Crippen molar-refractivity contribution < 1.29 is 9.59 Å². The predicted octanol–water partition coefficient (Wildman–Crippen LogP) is 2.16. The van der Waals surface area contributed by atoms with E-state index in [0.717, 1.165) is 10.0 Å². The molecule has 0 fully saturated rings. The van der Waals surface area contributed by atoms with Crippen LogP contribution in [0.4, 0.5) is 0 Å². The van der Waals surface area contributed by atoms with E-state index >= 15 is 0 Å². The van der Waals surface area contributed by atoms with Crippen LogP contribution in [0.3, 0.4) is 0 Å². The Morgan fingerprint density at radius 1 is 1.11 bits per heavy atom. The molecule has 0 radical (unpaired) electrons. The maximum atomic E-state index is 11.8. The number of aryl methyl sites for hydroxylation is 1. The van der Waals surface area contributed by atoms with E-state index in [1.807, 2.05) is 19.1 Å². The minimum atomic E-state index is -0.411. The first kappa shape index (κ1) is 13.4. The summed E-state index contributed by atoms with van der Waals surface area (Å²) in [5, 5.41) is 0. The molecule has 0 unspecified atom stereocenters. The minimum absolute atomic E-state index is 0.357. The Bertz CT molecular complexity index is 605. The third-order valence-corrected chi connectivity index (χ3v) is 2.95. The van der Waals surface area contributed by atoms with Crippen molar-refractivity contribution >= 4 is 27.7 Å². The number of halogens is 1. The van der Waals surface area contributed by atoms with Crippen molar-refractivity contribution in [2.24, 2.45) is 0 Å². The second-order valence-electron chi connectivity index (χ2n) is 4.01. The summed E-state index contributed by atoms with van der Waals surface area (Å²) >= 11 is 3.23. The van der Waals surface area contributed by atoms with Crippen molar-refractivity contribution in [1.29, 1.82) is 0 Å². The lowest BCUT2D eigenvalue weighted by Gasteiger charge is -2.06. The quantitative estimate of drug-likeness (QED) is 0.741. The molecule has 0 aliphatic heterocycles. The smallest absolute Gasteiger partial charge is 0.286 e. The monoisotopic (exact) mass is 321 g/mol. The van der Waals surface area contributed by atoms with Crippen LogP contribution in [-0.2, 0) is 0 Å². The molecule has 0 aliphatic rings. The van der Waals surface area contributed by atoms with Gasteiger partial charge in [-0.3, -0.25) is 20.4 Å². The first-order valence-corrected chi connectivity index (χ1v) is 6.37. The largest absolute Gasteiger partial charge is 0.356 e. The van der Waals surface area contributed by atoms with Crippen molar-refractivity contribution in [2.45, 2.75) is 6.92 Å². The number of rotatable bonds is 2. The zero-order valence-corrected chi connectivity index (χ0v) is 11.7. The van der Waals surface area contributed by atoms with Gasteiger partial charge in [0.15, 0.2) is 0 Å². The lowest BCUT2D eigenvalue weighted by molar-refractivity contribution is 0.0844. The van der Waals surface area contributed by atoms with E-state index in [4.69, 9.17) is 0 Å². The Balaban J connectivity index is 1.93. The summed E-state index contributed by atoms with van der Waals surface area (Å²) < 4.78 is 0.766. The predicted molar refractivity (Wildman–Crippen MR) is 74.6 cm³/mol. The average molecular weight is 322 g/mol. The highest BCUT2D eigenvalue weighted by atomic mass is 79.9. The molecule has 2 rings (SSSR count). The van der Waals surface area contributed by atoms with E-state index in [0.29, 0.717) is 11.3 Å². The summed E-state index contributed by atoms with van der Waals surface area (Å²) in [7, 11) is 0. The second-order valence-corrected chi connectivity index (χ2v) is 4.92. The zero-order chi connectivity index (χ0) is 13.8. The molecule has 5 nitrogen and oxygen atoms in total. The number of H-pyrrole nitrogens is 1. The molecule has 0 aliphatic carbocycles. The summed E-state index contributed by atoms with van der Waals surface area (Å²) in [6.45, 7) is 1.94. The molecule has 6 heteroatoms. The summed E-state index contributed by atoms with van der Waals surface area (Å²) in [5.74, 6) is -0.773. The van der Waals surface area contributed by atoms with Crippen molar-refractivity contribution in [2.75, 3.05) is 0 Å². The van der Waals surface area contributed by atoms with Crippen molar-refractivity contribution in [3.8, 4) is 0 Å². The number of benzene rings is 1. The van der Waals surface area contributed by atoms with Crippen LogP contribution in [0.25, 0.3) is 0 Å². The van der Waals surface area contributed by atoms with Crippen LogP contribution < -0.4 is 10.9 Å². The van der Waals surface area contributed by atoms with Crippen LogP contribution >= 0.6 is 15.9 Å². The Labute approximate surface area is 118 Å². The van der Waals surface area contributed by atoms with Crippen LogP contribution in [0, 0.1) is 6.92 Å². The highest BCUT2D eigenvalue weighted by Gasteiger charge is 2.10. The van der Waals surface area contributed by atoms with E-state index in [-0.39, 0.29) is 5.91 Å². The van der Waals surface area contributed by atoms with E-state index in [2.05, 4.69) is 31.8 Å². The van der Waals surface area contributed by atoms with Crippen LogP contribution in [0.1, 0.15) is 26.4 Å². The van der Waals surface area contributed by atoms with Crippen LogP contribution in [0.5, 0.6) is 0 Å². The first-order chi connectivity index (χ1) is 9.06. The van der Waals surface area contributed by atoms with Crippen molar-refractivity contribution in [1.82, 2.24) is 15.8 Å². The molecule has 2 aromatic rings. The van der Waals surface area contributed by atoms with Gasteiger partial charge in [-0.25, -0.2) is 0 Å². The Morgan fingerprint density at radius 3 is 2.32 bits per heavy atom. The molecule has 0 saturated heterocycles. The number of amides is 2. The van der Waals surface area contributed by atoms with Crippen LogP contribution in [-0.4, -0.2) is 16.8 Å². The molecule has 1 aromatic heterocycles. The number of aromatic nitrogens is 1. The maximum absolute atomic E-state index is 11.8. The fraction of sp³-hybridized carbons (Fsp3) is 0.0769. The Hall–Kier alpha value is -2.08. The lowest BCUT2D eigenvalue weighted by atomic mass is 10.1. The maximum Gasteiger partial charge on any atom is 0.286 e. The summed E-state index contributed by atoms with van der Waals surface area (Å²) in [6, 6.07) is 8.68. The molecule has 0 atom stereocenters. The molecule has 0 spiro atoms. The van der Waals surface area contributed by atoms with Crippen molar-refractivity contribution in [3.63, 3.8) is 0 Å². The fourth-order valence-electron chi connectivity index (χ4n) is 1.46. The standard InChI is InChI=1S/C13H12BrN3O2/c1-8-2-4-9(5-3-8)12(18)16-17-13(19)11-6-10(14)7-15-11/h2-7,15H,1H3,(H,16,18)(H,17,19). The highest BCUT2D eigenvalue weighted by molar-refractivity contribution is 9.10. The number of carbonyl (C=O) groups is 2. The van der Waals surface area contributed by atoms with Gasteiger partial charge in [0.25, 0.3) is 11.8 Å². The van der Waals surface area contributed by atoms with Crippen LogP contribution in [0.15, 0.2) is 41.0 Å². The van der Waals surface area contributed by atoms with E-state index < -0.39 is 5.91 Å². The molecule has 2 amide bonds. The van der Waals surface area contributed by atoms with Gasteiger partial charge >= 0.3 is 0 Å². The topological polar surface area (TPSA) is 74.0 Å². The number of nitrogens with one attached hydrogen (secondary N) is 3. The first-order valence-electron chi connectivity index (χ1n) is 5.57. The van der Waals surface area contributed by atoms with Gasteiger partial charge in [0.2, 0.25) is 0 Å². The van der Waals surface area contributed by atoms with Crippen molar-refractivity contribution in [3.05, 3.63) is 57.8 Å². The molecule has 1 aromatic carbocycles. The summed E-state index contributed by atoms with van der Waals surface area (Å²) in [5.41, 5.74) is 6.60. The van der Waals surface area contributed by atoms with E-state index in [1.54, 1.807) is 24.4 Å². The molecule has 19 heavy (non-hydrogen) atoms. The number of aromatic amines is 1. The van der Waals surface area contributed by atoms with E-state index in [1.165, 1.54) is 0 Å². The third kappa shape index (κ3) is 3.45. The molecular weight excluding hydrogens is 310 g/mol. The lowest BCUT2D eigenvalue weighted by Crippen LogP contribution is -2.41.